The molecule has 0 amide bonds. The lowest BCUT2D eigenvalue weighted by Gasteiger charge is -2.24. The SMILES string of the molecule is O=P(Oc1c(F)c(F)c(F)c(F)c1F)(Oc1c(F)c(F)c(F)c(F)c1F)OC1C=CC=CC1. The van der Waals surface area contributed by atoms with Gasteiger partial charge in [-0.05, 0) is 6.42 Å². The monoisotopic (exact) mass is 508 g/mol. The van der Waals surface area contributed by atoms with E-state index in [2.05, 4.69) is 9.05 Å². The molecule has 0 spiro atoms. The summed E-state index contributed by atoms with van der Waals surface area (Å²) in [6.45, 7) is 0. The Morgan fingerprint density at radius 3 is 1.30 bits per heavy atom. The maximum atomic E-state index is 14.0. The molecule has 1 unspecified atom stereocenters. The number of benzene rings is 2. The van der Waals surface area contributed by atoms with Crippen molar-refractivity contribution in [1.29, 1.82) is 0 Å². The molecule has 1 aliphatic rings. The molecule has 0 heterocycles. The van der Waals surface area contributed by atoms with Crippen molar-refractivity contribution in [1.82, 2.24) is 0 Å². The van der Waals surface area contributed by atoms with Crippen LogP contribution in [0.1, 0.15) is 6.42 Å². The van der Waals surface area contributed by atoms with Crippen molar-refractivity contribution in [3.05, 3.63) is 82.5 Å². The van der Waals surface area contributed by atoms with Gasteiger partial charge in [-0.2, -0.15) is 17.6 Å². The Labute approximate surface area is 177 Å². The van der Waals surface area contributed by atoms with Crippen molar-refractivity contribution in [2.75, 3.05) is 0 Å². The van der Waals surface area contributed by atoms with Gasteiger partial charge >= 0.3 is 7.82 Å². The molecule has 2 aromatic rings. The zero-order valence-electron chi connectivity index (χ0n) is 15.5. The highest BCUT2D eigenvalue weighted by Crippen LogP contribution is 2.54. The van der Waals surface area contributed by atoms with Crippen molar-refractivity contribution < 1.29 is 62.0 Å². The van der Waals surface area contributed by atoms with Crippen LogP contribution < -0.4 is 9.05 Å². The van der Waals surface area contributed by atoms with Gasteiger partial charge in [0.25, 0.3) is 0 Å². The molecule has 33 heavy (non-hydrogen) atoms. The second-order valence-corrected chi connectivity index (χ2v) is 7.59. The highest BCUT2D eigenvalue weighted by atomic mass is 31.2. The van der Waals surface area contributed by atoms with Crippen LogP contribution in [-0.2, 0) is 9.09 Å². The summed E-state index contributed by atoms with van der Waals surface area (Å²) in [6.07, 6.45) is 3.56. The summed E-state index contributed by atoms with van der Waals surface area (Å²) in [6, 6.07) is 0. The van der Waals surface area contributed by atoms with E-state index in [4.69, 9.17) is 4.52 Å². The lowest BCUT2D eigenvalue weighted by Crippen LogP contribution is -2.17. The quantitative estimate of drug-likeness (QED) is 0.192. The lowest BCUT2D eigenvalue weighted by atomic mass is 10.1. The van der Waals surface area contributed by atoms with Crippen molar-refractivity contribution in [3.8, 4) is 11.5 Å². The van der Waals surface area contributed by atoms with Crippen LogP contribution in [0, 0.1) is 58.2 Å². The van der Waals surface area contributed by atoms with Gasteiger partial charge in [0.2, 0.25) is 69.7 Å². The molecule has 178 valence electrons. The molecule has 3 rings (SSSR count). The summed E-state index contributed by atoms with van der Waals surface area (Å²) >= 11 is 0. The molecule has 2 aromatic carbocycles. The van der Waals surface area contributed by atoms with Gasteiger partial charge in [-0.3, -0.25) is 4.52 Å². The topological polar surface area (TPSA) is 44.8 Å². The summed E-state index contributed by atoms with van der Waals surface area (Å²) in [5.41, 5.74) is 0. The van der Waals surface area contributed by atoms with Gasteiger partial charge in [0.1, 0.15) is 0 Å². The fourth-order valence-electron chi connectivity index (χ4n) is 2.42. The molecule has 0 saturated carbocycles. The molecular weight excluding hydrogens is 501 g/mol. The van der Waals surface area contributed by atoms with Crippen molar-refractivity contribution >= 4 is 7.82 Å². The Kier molecular flexibility index (Phi) is 6.80. The second kappa shape index (κ2) is 9.10. The summed E-state index contributed by atoms with van der Waals surface area (Å²) in [5.74, 6) is -30.8. The van der Waals surface area contributed by atoms with E-state index in [1.807, 2.05) is 0 Å². The maximum absolute atomic E-state index is 14.0. The van der Waals surface area contributed by atoms with E-state index in [0.29, 0.717) is 0 Å². The van der Waals surface area contributed by atoms with Gasteiger partial charge in [0, 0.05) is 0 Å². The van der Waals surface area contributed by atoms with Gasteiger partial charge in [-0.1, -0.05) is 24.3 Å². The number of hydrogen-bond donors (Lipinski definition) is 0. The highest BCUT2D eigenvalue weighted by Gasteiger charge is 2.41. The van der Waals surface area contributed by atoms with Crippen molar-refractivity contribution in [2.45, 2.75) is 12.5 Å². The molecule has 0 saturated heterocycles. The highest BCUT2D eigenvalue weighted by molar-refractivity contribution is 7.49. The second-order valence-electron chi connectivity index (χ2n) is 6.12. The van der Waals surface area contributed by atoms with Crippen LogP contribution in [-0.4, -0.2) is 6.10 Å². The standard InChI is InChI=1S/C18H7F10O4P/c19-7-9(21)13(25)17(14(26)10(7)22)31-33(29,30-6-4-2-1-3-5-6)32-18-15(27)11(23)8(20)12(24)16(18)28/h1-4,6H,5H2. The van der Waals surface area contributed by atoms with Gasteiger partial charge < -0.3 is 9.05 Å². The Hall–Kier alpha value is -2.99. The Morgan fingerprint density at radius 2 is 0.970 bits per heavy atom. The lowest BCUT2D eigenvalue weighted by molar-refractivity contribution is 0.163. The predicted molar refractivity (Wildman–Crippen MR) is 89.1 cm³/mol. The molecule has 0 radical (unpaired) electrons. The Morgan fingerprint density at radius 1 is 0.606 bits per heavy atom. The normalized spacial score (nSPS) is 15.8. The third-order valence-corrected chi connectivity index (χ3v) is 5.29. The fraction of sp³-hybridized carbons (Fsp3) is 0.111. The number of hydrogen-bond acceptors (Lipinski definition) is 4. The molecule has 15 heteroatoms. The molecule has 0 aromatic heterocycles. The largest absolute Gasteiger partial charge is 0.588 e. The number of rotatable bonds is 6. The zero-order valence-corrected chi connectivity index (χ0v) is 16.3. The number of allylic oxidation sites excluding steroid dienone is 2. The molecule has 1 aliphatic carbocycles. The van der Waals surface area contributed by atoms with Crippen LogP contribution in [0.2, 0.25) is 0 Å². The smallest absolute Gasteiger partial charge is 0.388 e. The molecule has 0 bridgehead atoms. The fourth-order valence-corrected chi connectivity index (χ4v) is 3.80. The summed E-state index contributed by atoms with van der Waals surface area (Å²) in [5, 5.41) is 0. The first kappa shape index (κ1) is 24.6. The van der Waals surface area contributed by atoms with E-state index in [9.17, 15) is 48.5 Å². The van der Waals surface area contributed by atoms with Gasteiger partial charge in [0.15, 0.2) is 0 Å². The average Bonchev–Trinajstić information content (AvgIpc) is 2.80. The van der Waals surface area contributed by atoms with Gasteiger partial charge in [0.05, 0.1) is 6.10 Å². The van der Waals surface area contributed by atoms with Crippen LogP contribution in [0.4, 0.5) is 43.9 Å². The molecule has 0 N–H and O–H groups in total. The molecule has 0 fully saturated rings. The summed E-state index contributed by atoms with van der Waals surface area (Å²) < 4.78 is 162. The van der Waals surface area contributed by atoms with E-state index >= 15 is 0 Å². The zero-order chi connectivity index (χ0) is 24.7. The van der Waals surface area contributed by atoms with E-state index in [0.717, 1.165) is 6.08 Å². The van der Waals surface area contributed by atoms with Crippen molar-refractivity contribution in [3.63, 3.8) is 0 Å². The van der Waals surface area contributed by atoms with Crippen molar-refractivity contribution in [2.24, 2.45) is 0 Å². The van der Waals surface area contributed by atoms with Crippen LogP contribution in [0.5, 0.6) is 11.5 Å². The number of halogens is 10. The number of phosphoric acid groups is 1. The van der Waals surface area contributed by atoms with E-state index in [-0.39, 0.29) is 6.42 Å². The van der Waals surface area contributed by atoms with E-state index < -0.39 is 83.6 Å². The first-order chi connectivity index (χ1) is 15.4. The molecule has 4 nitrogen and oxygen atoms in total. The Balaban J connectivity index is 2.13. The van der Waals surface area contributed by atoms with Crippen LogP contribution >= 0.6 is 7.82 Å². The molecule has 0 aliphatic heterocycles. The number of phosphoric ester groups is 1. The Bertz CT molecular complexity index is 1100. The first-order valence-electron chi connectivity index (χ1n) is 8.41. The molecular formula is C18H7F10O4P. The third-order valence-electron chi connectivity index (χ3n) is 3.95. The molecule has 1 atom stereocenters. The predicted octanol–water partition coefficient (Wildman–Crippen LogP) is 6.54. The first-order valence-corrected chi connectivity index (χ1v) is 9.87. The maximum Gasteiger partial charge on any atom is 0.588 e. The van der Waals surface area contributed by atoms with Gasteiger partial charge in [-0.25, -0.2) is 30.9 Å². The van der Waals surface area contributed by atoms with E-state index in [1.54, 1.807) is 0 Å². The summed E-state index contributed by atoms with van der Waals surface area (Å²) in [4.78, 5) is 0. The van der Waals surface area contributed by atoms with Gasteiger partial charge in [-0.15, -0.1) is 0 Å². The average molecular weight is 508 g/mol. The van der Waals surface area contributed by atoms with Crippen LogP contribution in [0.25, 0.3) is 0 Å². The summed E-state index contributed by atoms with van der Waals surface area (Å²) in [7, 11) is -5.91. The van der Waals surface area contributed by atoms with E-state index in [1.165, 1.54) is 18.2 Å². The minimum absolute atomic E-state index is 0.179. The van der Waals surface area contributed by atoms with Crippen LogP contribution in [0.15, 0.2) is 24.3 Å². The minimum Gasteiger partial charge on any atom is -0.388 e. The minimum atomic E-state index is -5.91. The van der Waals surface area contributed by atoms with Crippen LogP contribution in [0.3, 0.4) is 0 Å². The third kappa shape index (κ3) is 4.58.